The van der Waals surface area contributed by atoms with Gasteiger partial charge >= 0.3 is 0 Å². The highest BCUT2D eigenvalue weighted by atomic mass is 127. The maximum atomic E-state index is 5.84. The topological polar surface area (TPSA) is 68.9 Å². The number of benzene rings is 1. The fraction of sp³-hybridized carbons (Fsp3) is 0.588. The van der Waals surface area contributed by atoms with E-state index in [1.807, 2.05) is 18.2 Å². The summed E-state index contributed by atoms with van der Waals surface area (Å²) in [5.41, 5.74) is 6.96. The monoisotopic (exact) mass is 435 g/mol. The van der Waals surface area contributed by atoms with Crippen molar-refractivity contribution < 1.29 is 9.47 Å². The molecule has 0 aromatic heterocycles. The third-order valence-electron chi connectivity index (χ3n) is 3.40. The Bertz CT molecular complexity index is 479. The van der Waals surface area contributed by atoms with Crippen molar-refractivity contribution in [2.24, 2.45) is 16.6 Å². The van der Waals surface area contributed by atoms with E-state index in [0.717, 1.165) is 42.9 Å². The first-order chi connectivity index (χ1) is 10.6. The number of guanidine groups is 1. The van der Waals surface area contributed by atoms with E-state index >= 15 is 0 Å². The van der Waals surface area contributed by atoms with Crippen molar-refractivity contribution in [3.05, 3.63) is 23.8 Å². The van der Waals surface area contributed by atoms with E-state index in [1.165, 1.54) is 0 Å². The summed E-state index contributed by atoms with van der Waals surface area (Å²) in [6.07, 6.45) is 2.89. The van der Waals surface area contributed by atoms with Crippen molar-refractivity contribution in [3.8, 4) is 11.5 Å². The highest BCUT2D eigenvalue weighted by Crippen LogP contribution is 2.24. The summed E-state index contributed by atoms with van der Waals surface area (Å²) in [4.78, 5) is 4.35. The van der Waals surface area contributed by atoms with Gasteiger partial charge in [-0.2, -0.15) is 0 Å². The van der Waals surface area contributed by atoms with Crippen LogP contribution in [-0.2, 0) is 6.42 Å². The van der Waals surface area contributed by atoms with Gasteiger partial charge in [-0.1, -0.05) is 13.8 Å². The van der Waals surface area contributed by atoms with Gasteiger partial charge in [-0.05, 0) is 48.9 Å². The van der Waals surface area contributed by atoms with Crippen molar-refractivity contribution >= 4 is 29.9 Å². The van der Waals surface area contributed by atoms with Gasteiger partial charge in [0.15, 0.2) is 5.96 Å². The van der Waals surface area contributed by atoms with Crippen molar-refractivity contribution in [1.29, 1.82) is 0 Å². The van der Waals surface area contributed by atoms with Crippen LogP contribution < -0.4 is 20.5 Å². The molecule has 5 nitrogen and oxygen atoms in total. The van der Waals surface area contributed by atoms with Gasteiger partial charge in [-0.25, -0.2) is 0 Å². The van der Waals surface area contributed by atoms with Gasteiger partial charge in [0, 0.05) is 13.1 Å². The Kier molecular flexibility index (Phi) is 11.6. The molecule has 0 heterocycles. The number of hydrogen-bond donors (Lipinski definition) is 2. The van der Waals surface area contributed by atoms with Crippen LogP contribution in [-0.4, -0.2) is 33.3 Å². The molecule has 6 heteroatoms. The average Bonchev–Trinajstić information content (AvgIpc) is 2.51. The summed E-state index contributed by atoms with van der Waals surface area (Å²) < 4.78 is 10.6. The number of aliphatic imine (C=N–C) groups is 1. The van der Waals surface area contributed by atoms with Crippen LogP contribution in [0.15, 0.2) is 23.2 Å². The van der Waals surface area contributed by atoms with Gasteiger partial charge in [0.2, 0.25) is 0 Å². The zero-order valence-electron chi connectivity index (χ0n) is 14.6. The number of nitrogens with two attached hydrogens (primary N) is 1. The van der Waals surface area contributed by atoms with Crippen LogP contribution in [0.5, 0.6) is 11.5 Å². The molecule has 0 aliphatic carbocycles. The minimum absolute atomic E-state index is 0. The number of ether oxygens (including phenoxy) is 2. The lowest BCUT2D eigenvalue weighted by atomic mass is 10.1. The lowest BCUT2D eigenvalue weighted by Crippen LogP contribution is -2.33. The van der Waals surface area contributed by atoms with Crippen LogP contribution in [0, 0.1) is 5.92 Å². The molecule has 0 radical (unpaired) electrons. The second-order valence-electron chi connectivity index (χ2n) is 5.66. The molecule has 3 N–H and O–H groups in total. The van der Waals surface area contributed by atoms with E-state index in [9.17, 15) is 0 Å². The van der Waals surface area contributed by atoms with Gasteiger partial charge in [-0.3, -0.25) is 4.99 Å². The van der Waals surface area contributed by atoms with Crippen LogP contribution in [0.4, 0.5) is 0 Å². The number of methoxy groups -OCH3 is 2. The minimum atomic E-state index is 0. The van der Waals surface area contributed by atoms with E-state index in [4.69, 9.17) is 15.2 Å². The first-order valence-corrected chi connectivity index (χ1v) is 7.81. The number of rotatable bonds is 9. The molecule has 0 saturated carbocycles. The van der Waals surface area contributed by atoms with Gasteiger partial charge in [0.05, 0.1) is 14.2 Å². The minimum Gasteiger partial charge on any atom is -0.497 e. The molecule has 0 aliphatic heterocycles. The summed E-state index contributed by atoms with van der Waals surface area (Å²) in [5, 5.41) is 3.14. The quantitative estimate of drug-likeness (QED) is 0.271. The fourth-order valence-corrected chi connectivity index (χ4v) is 2.09. The van der Waals surface area contributed by atoms with E-state index in [-0.39, 0.29) is 24.0 Å². The molecule has 132 valence electrons. The predicted octanol–water partition coefficient (Wildman–Crippen LogP) is 3.20. The van der Waals surface area contributed by atoms with E-state index in [0.29, 0.717) is 18.4 Å². The second kappa shape index (κ2) is 12.3. The Hall–Kier alpha value is -1.18. The smallest absolute Gasteiger partial charge is 0.188 e. The van der Waals surface area contributed by atoms with Crippen LogP contribution in [0.25, 0.3) is 0 Å². The summed E-state index contributed by atoms with van der Waals surface area (Å²) in [6, 6.07) is 5.84. The molecule has 0 fully saturated rings. The van der Waals surface area contributed by atoms with Gasteiger partial charge < -0.3 is 20.5 Å². The molecule has 0 aliphatic rings. The Labute approximate surface area is 157 Å². The van der Waals surface area contributed by atoms with E-state index < -0.39 is 0 Å². The third kappa shape index (κ3) is 8.88. The molecule has 0 atom stereocenters. The zero-order valence-corrected chi connectivity index (χ0v) is 16.9. The van der Waals surface area contributed by atoms with Crippen LogP contribution in [0.3, 0.4) is 0 Å². The van der Waals surface area contributed by atoms with Crippen LogP contribution in [0.1, 0.15) is 32.3 Å². The Balaban J connectivity index is 0.00000484. The molecular formula is C17H30IN3O2. The van der Waals surface area contributed by atoms with Crippen molar-refractivity contribution in [2.45, 2.75) is 33.1 Å². The molecule has 0 saturated heterocycles. The lowest BCUT2D eigenvalue weighted by molar-refractivity contribution is 0.398. The predicted molar refractivity (Wildman–Crippen MR) is 107 cm³/mol. The third-order valence-corrected chi connectivity index (χ3v) is 3.40. The lowest BCUT2D eigenvalue weighted by Gasteiger charge is -2.10. The average molecular weight is 435 g/mol. The first-order valence-electron chi connectivity index (χ1n) is 7.81. The van der Waals surface area contributed by atoms with E-state index in [1.54, 1.807) is 14.2 Å². The highest BCUT2D eigenvalue weighted by Gasteiger charge is 2.04. The normalized spacial score (nSPS) is 11.1. The maximum Gasteiger partial charge on any atom is 0.188 e. The van der Waals surface area contributed by atoms with Crippen LogP contribution in [0.2, 0.25) is 0 Å². The number of hydrogen-bond acceptors (Lipinski definition) is 3. The molecule has 23 heavy (non-hydrogen) atoms. The molecule has 0 bridgehead atoms. The SMILES string of the molecule is COc1ccc(OC)c(CCCN=C(N)NCCC(C)C)c1.I. The van der Waals surface area contributed by atoms with Crippen molar-refractivity contribution in [2.75, 3.05) is 27.3 Å². The van der Waals surface area contributed by atoms with Gasteiger partial charge in [0.1, 0.15) is 11.5 Å². The van der Waals surface area contributed by atoms with Crippen LogP contribution >= 0.6 is 24.0 Å². The molecule has 1 rings (SSSR count). The molecule has 1 aromatic rings. The Morgan fingerprint density at radius 1 is 1.26 bits per heavy atom. The maximum absolute atomic E-state index is 5.84. The molecule has 0 unspecified atom stereocenters. The summed E-state index contributed by atoms with van der Waals surface area (Å²) in [7, 11) is 3.35. The molecule has 0 spiro atoms. The largest absolute Gasteiger partial charge is 0.497 e. The Morgan fingerprint density at radius 2 is 2.00 bits per heavy atom. The second-order valence-corrected chi connectivity index (χ2v) is 5.66. The molecular weight excluding hydrogens is 405 g/mol. The summed E-state index contributed by atoms with van der Waals surface area (Å²) >= 11 is 0. The van der Waals surface area contributed by atoms with E-state index in [2.05, 4.69) is 24.2 Å². The van der Waals surface area contributed by atoms with Crippen molar-refractivity contribution in [3.63, 3.8) is 0 Å². The number of nitrogens with zero attached hydrogens (tertiary/aromatic N) is 1. The first kappa shape index (κ1) is 21.8. The highest BCUT2D eigenvalue weighted by molar-refractivity contribution is 14.0. The number of aryl methyl sites for hydroxylation is 1. The summed E-state index contributed by atoms with van der Waals surface area (Å²) in [6.45, 7) is 5.95. The van der Waals surface area contributed by atoms with Gasteiger partial charge in [-0.15, -0.1) is 24.0 Å². The van der Waals surface area contributed by atoms with Gasteiger partial charge in [0.25, 0.3) is 0 Å². The molecule has 0 amide bonds. The standard InChI is InChI=1S/C17H29N3O2.HI/c1-13(2)9-11-20-17(18)19-10-5-6-14-12-15(21-3)7-8-16(14)22-4;/h7-8,12-13H,5-6,9-11H2,1-4H3,(H3,18,19,20);1H. The van der Waals surface area contributed by atoms with Crippen molar-refractivity contribution in [1.82, 2.24) is 5.32 Å². The fourth-order valence-electron chi connectivity index (χ4n) is 2.09. The Morgan fingerprint density at radius 3 is 2.61 bits per heavy atom. The molecule has 1 aromatic carbocycles. The number of nitrogens with one attached hydrogen (secondary N) is 1. The summed E-state index contributed by atoms with van der Waals surface area (Å²) in [5.74, 6) is 2.92. The number of halogens is 1. The zero-order chi connectivity index (χ0) is 16.4.